The average Bonchev–Trinajstić information content (AvgIpc) is 2.73. The summed E-state index contributed by atoms with van der Waals surface area (Å²) in [7, 11) is 0. The molecular weight excluding hydrogens is 340 g/mol. The van der Waals surface area contributed by atoms with Crippen molar-refractivity contribution < 1.29 is 9.59 Å². The van der Waals surface area contributed by atoms with Gasteiger partial charge in [-0.25, -0.2) is 0 Å². The number of nitriles is 1. The SMILES string of the molecule is C[C@H](C(=O)Nc1cccc(C#N)c1)N1CCN(C(=O)c2ccccc2)CC1. The van der Waals surface area contributed by atoms with Crippen LogP contribution in [0.1, 0.15) is 22.8 Å². The second kappa shape index (κ2) is 8.47. The van der Waals surface area contributed by atoms with Crippen molar-refractivity contribution in [3.05, 3.63) is 65.7 Å². The van der Waals surface area contributed by atoms with Gasteiger partial charge < -0.3 is 10.2 Å². The summed E-state index contributed by atoms with van der Waals surface area (Å²) in [5.74, 6) is -0.0893. The highest BCUT2D eigenvalue weighted by molar-refractivity contribution is 5.95. The molecule has 138 valence electrons. The van der Waals surface area contributed by atoms with E-state index in [4.69, 9.17) is 5.26 Å². The number of carbonyl (C=O) groups is 2. The Balaban J connectivity index is 1.55. The third-order valence-electron chi connectivity index (χ3n) is 4.81. The van der Waals surface area contributed by atoms with E-state index in [0.717, 1.165) is 0 Å². The lowest BCUT2D eigenvalue weighted by Gasteiger charge is -2.37. The molecule has 27 heavy (non-hydrogen) atoms. The molecule has 2 aromatic rings. The van der Waals surface area contributed by atoms with E-state index in [0.29, 0.717) is 43.0 Å². The van der Waals surface area contributed by atoms with E-state index in [9.17, 15) is 9.59 Å². The Morgan fingerprint density at radius 2 is 1.74 bits per heavy atom. The molecule has 2 amide bonds. The van der Waals surface area contributed by atoms with Crippen molar-refractivity contribution in [3.63, 3.8) is 0 Å². The van der Waals surface area contributed by atoms with Gasteiger partial charge in [-0.05, 0) is 37.3 Å². The van der Waals surface area contributed by atoms with Crippen LogP contribution < -0.4 is 5.32 Å². The highest BCUT2D eigenvalue weighted by Crippen LogP contribution is 2.14. The van der Waals surface area contributed by atoms with Crippen LogP contribution in [-0.4, -0.2) is 53.8 Å². The lowest BCUT2D eigenvalue weighted by molar-refractivity contribution is -0.121. The molecule has 0 saturated carbocycles. The summed E-state index contributed by atoms with van der Waals surface area (Å²) < 4.78 is 0. The molecule has 0 unspecified atom stereocenters. The van der Waals surface area contributed by atoms with Crippen molar-refractivity contribution in [2.75, 3.05) is 31.5 Å². The maximum atomic E-state index is 12.5. The van der Waals surface area contributed by atoms with Gasteiger partial charge in [-0.2, -0.15) is 5.26 Å². The molecule has 2 aromatic carbocycles. The van der Waals surface area contributed by atoms with Crippen LogP contribution in [0.4, 0.5) is 5.69 Å². The van der Waals surface area contributed by atoms with Gasteiger partial charge in [0, 0.05) is 37.4 Å². The number of hydrogen-bond donors (Lipinski definition) is 1. The Labute approximate surface area is 159 Å². The van der Waals surface area contributed by atoms with E-state index < -0.39 is 0 Å². The van der Waals surface area contributed by atoms with E-state index in [1.165, 1.54) is 0 Å². The van der Waals surface area contributed by atoms with Crippen molar-refractivity contribution in [3.8, 4) is 6.07 Å². The average molecular weight is 362 g/mol. The molecule has 0 radical (unpaired) electrons. The number of hydrogen-bond acceptors (Lipinski definition) is 4. The lowest BCUT2D eigenvalue weighted by atomic mass is 10.1. The van der Waals surface area contributed by atoms with Gasteiger partial charge in [0.2, 0.25) is 5.91 Å². The summed E-state index contributed by atoms with van der Waals surface area (Å²) in [6.45, 7) is 4.33. The third-order valence-corrected chi connectivity index (χ3v) is 4.81. The van der Waals surface area contributed by atoms with Gasteiger partial charge in [0.25, 0.3) is 5.91 Å². The number of amides is 2. The normalized spacial score (nSPS) is 15.6. The molecule has 1 atom stereocenters. The van der Waals surface area contributed by atoms with Gasteiger partial charge >= 0.3 is 0 Å². The summed E-state index contributed by atoms with van der Waals surface area (Å²) in [5.41, 5.74) is 1.81. The molecule has 0 aromatic heterocycles. The molecule has 0 spiro atoms. The fourth-order valence-electron chi connectivity index (χ4n) is 3.15. The van der Waals surface area contributed by atoms with Crippen LogP contribution >= 0.6 is 0 Å². The van der Waals surface area contributed by atoms with Crippen molar-refractivity contribution in [2.24, 2.45) is 0 Å². The quantitative estimate of drug-likeness (QED) is 0.906. The molecule has 0 bridgehead atoms. The first-order valence-corrected chi connectivity index (χ1v) is 8.98. The van der Waals surface area contributed by atoms with Gasteiger partial charge in [0.05, 0.1) is 17.7 Å². The Hall–Kier alpha value is -3.17. The Morgan fingerprint density at radius 3 is 2.41 bits per heavy atom. The van der Waals surface area contributed by atoms with Crippen molar-refractivity contribution in [1.29, 1.82) is 5.26 Å². The fraction of sp³-hybridized carbons (Fsp3) is 0.286. The highest BCUT2D eigenvalue weighted by atomic mass is 16.2. The molecule has 1 fully saturated rings. The van der Waals surface area contributed by atoms with Gasteiger partial charge in [-0.3, -0.25) is 14.5 Å². The molecule has 1 heterocycles. The molecule has 6 nitrogen and oxygen atoms in total. The number of piperazine rings is 1. The topological polar surface area (TPSA) is 76.4 Å². The van der Waals surface area contributed by atoms with Gasteiger partial charge in [-0.1, -0.05) is 24.3 Å². The standard InChI is InChI=1S/C21H22N4O2/c1-16(20(26)23-19-9-5-6-17(14-19)15-22)24-10-12-25(13-11-24)21(27)18-7-3-2-4-8-18/h2-9,14,16H,10-13H2,1H3,(H,23,26)/t16-/m1/s1. The molecule has 1 N–H and O–H groups in total. The summed E-state index contributed by atoms with van der Waals surface area (Å²) in [6.07, 6.45) is 0. The van der Waals surface area contributed by atoms with Crippen molar-refractivity contribution >= 4 is 17.5 Å². The fourth-order valence-corrected chi connectivity index (χ4v) is 3.15. The number of anilines is 1. The second-order valence-electron chi connectivity index (χ2n) is 6.55. The summed E-state index contributed by atoms with van der Waals surface area (Å²) in [6, 6.07) is 17.9. The zero-order chi connectivity index (χ0) is 19.2. The minimum absolute atomic E-state index is 0.0284. The molecular formula is C21H22N4O2. The van der Waals surface area contributed by atoms with Crippen molar-refractivity contribution in [1.82, 2.24) is 9.80 Å². The number of nitrogens with one attached hydrogen (secondary N) is 1. The van der Waals surface area contributed by atoms with Crippen LogP contribution in [0.5, 0.6) is 0 Å². The first kappa shape index (κ1) is 18.6. The minimum Gasteiger partial charge on any atom is -0.336 e. The zero-order valence-electron chi connectivity index (χ0n) is 15.3. The lowest BCUT2D eigenvalue weighted by Crippen LogP contribution is -2.54. The van der Waals surface area contributed by atoms with Gasteiger partial charge in [-0.15, -0.1) is 0 Å². The van der Waals surface area contributed by atoms with Crippen LogP contribution in [-0.2, 0) is 4.79 Å². The van der Waals surface area contributed by atoms with Crippen molar-refractivity contribution in [2.45, 2.75) is 13.0 Å². The molecule has 1 aliphatic rings. The van der Waals surface area contributed by atoms with Crippen LogP contribution in [0.25, 0.3) is 0 Å². The van der Waals surface area contributed by atoms with E-state index in [-0.39, 0.29) is 17.9 Å². The molecule has 3 rings (SSSR count). The van der Waals surface area contributed by atoms with E-state index in [2.05, 4.69) is 16.3 Å². The number of carbonyl (C=O) groups excluding carboxylic acids is 2. The highest BCUT2D eigenvalue weighted by Gasteiger charge is 2.27. The first-order valence-electron chi connectivity index (χ1n) is 8.98. The number of nitrogens with zero attached hydrogens (tertiary/aromatic N) is 3. The maximum absolute atomic E-state index is 12.5. The number of benzene rings is 2. The van der Waals surface area contributed by atoms with Crippen LogP contribution in [0.15, 0.2) is 54.6 Å². The van der Waals surface area contributed by atoms with Crippen LogP contribution in [0.3, 0.4) is 0 Å². The third kappa shape index (κ3) is 4.52. The summed E-state index contributed by atoms with van der Waals surface area (Å²) in [4.78, 5) is 28.9. The van der Waals surface area contributed by atoms with Crippen LogP contribution in [0, 0.1) is 11.3 Å². The molecule has 0 aliphatic carbocycles. The van der Waals surface area contributed by atoms with E-state index in [1.54, 1.807) is 24.3 Å². The molecule has 1 saturated heterocycles. The Kier molecular flexibility index (Phi) is 5.84. The predicted octanol–water partition coefficient (Wildman–Crippen LogP) is 2.34. The minimum atomic E-state index is -0.315. The Bertz CT molecular complexity index is 852. The largest absolute Gasteiger partial charge is 0.336 e. The summed E-state index contributed by atoms with van der Waals surface area (Å²) >= 11 is 0. The van der Waals surface area contributed by atoms with E-state index in [1.807, 2.05) is 42.2 Å². The first-order chi connectivity index (χ1) is 13.1. The smallest absolute Gasteiger partial charge is 0.253 e. The van der Waals surface area contributed by atoms with E-state index >= 15 is 0 Å². The van der Waals surface area contributed by atoms with Gasteiger partial charge in [0.1, 0.15) is 0 Å². The molecule has 1 aliphatic heterocycles. The number of rotatable bonds is 4. The zero-order valence-corrected chi connectivity index (χ0v) is 15.3. The maximum Gasteiger partial charge on any atom is 0.253 e. The Morgan fingerprint density at radius 1 is 1.04 bits per heavy atom. The van der Waals surface area contributed by atoms with Gasteiger partial charge in [0.15, 0.2) is 0 Å². The predicted molar refractivity (Wildman–Crippen MR) is 103 cm³/mol. The van der Waals surface area contributed by atoms with Crippen LogP contribution in [0.2, 0.25) is 0 Å². The second-order valence-corrected chi connectivity index (χ2v) is 6.55. The molecule has 6 heteroatoms. The summed E-state index contributed by atoms with van der Waals surface area (Å²) in [5, 5.41) is 11.8. The monoisotopic (exact) mass is 362 g/mol.